The predicted molar refractivity (Wildman–Crippen MR) is 82.8 cm³/mol. The Labute approximate surface area is 137 Å². The van der Waals surface area contributed by atoms with Crippen LogP contribution in [0.15, 0.2) is 0 Å². The van der Waals surface area contributed by atoms with Gasteiger partial charge in [0, 0.05) is 19.6 Å². The van der Waals surface area contributed by atoms with Gasteiger partial charge in [-0.1, -0.05) is 0 Å². The van der Waals surface area contributed by atoms with E-state index in [1.165, 1.54) is 20.8 Å². The first-order valence-corrected chi connectivity index (χ1v) is 7.63. The molecule has 0 saturated carbocycles. The van der Waals surface area contributed by atoms with E-state index < -0.39 is 40.2 Å². The van der Waals surface area contributed by atoms with Crippen LogP contribution >= 0.6 is 24.4 Å². The van der Waals surface area contributed by atoms with Gasteiger partial charge in [-0.05, 0) is 25.6 Å². The zero-order chi connectivity index (χ0) is 17.5. The lowest BCUT2D eigenvalue weighted by molar-refractivity contribution is -0.160. The van der Waals surface area contributed by atoms with E-state index in [0.717, 1.165) is 6.92 Å². The summed E-state index contributed by atoms with van der Waals surface area (Å²) in [6, 6.07) is -1.28. The lowest BCUT2D eigenvalue weighted by Crippen LogP contribution is -2.48. The lowest BCUT2D eigenvalue weighted by atomic mass is 10.2. The van der Waals surface area contributed by atoms with Crippen molar-refractivity contribution in [3.05, 3.63) is 0 Å². The van der Waals surface area contributed by atoms with E-state index in [1.54, 1.807) is 0 Å². The summed E-state index contributed by atoms with van der Waals surface area (Å²) >= 11 is 4.57. The molecule has 8 nitrogen and oxygen atoms in total. The third kappa shape index (κ3) is 8.78. The van der Waals surface area contributed by atoms with Crippen molar-refractivity contribution in [2.45, 2.75) is 44.8 Å². The fourth-order valence-electron chi connectivity index (χ4n) is 1.09. The smallest absolute Gasteiger partial charge is 0.370 e. The summed E-state index contributed by atoms with van der Waals surface area (Å²) in [6.07, 6.45) is -1.08. The van der Waals surface area contributed by atoms with Gasteiger partial charge in [-0.3, -0.25) is 9.59 Å². The van der Waals surface area contributed by atoms with Crippen LogP contribution in [0.5, 0.6) is 0 Å². The number of thioether (sulfide) groups is 1. The van der Waals surface area contributed by atoms with Gasteiger partial charge < -0.3 is 19.9 Å². The minimum Gasteiger partial charge on any atom is -0.480 e. The van der Waals surface area contributed by atoms with Crippen molar-refractivity contribution in [3.8, 4) is 0 Å². The monoisotopic (exact) mass is 353 g/mol. The van der Waals surface area contributed by atoms with Crippen molar-refractivity contribution >= 4 is 47.5 Å². The molecule has 0 aromatic heterocycles. The molecule has 0 aromatic carbocycles. The number of carbonyl (C=O) groups excluding carboxylic acids is 3. The third-order valence-corrected chi connectivity index (χ3v) is 3.16. The second-order valence-corrected chi connectivity index (χ2v) is 6.85. The number of carboxylic acid groups (broad SMARTS) is 1. The number of ether oxygens (including phenoxy) is 2. The Morgan fingerprint density at radius 3 is 2.23 bits per heavy atom. The number of aliphatic carboxylic acids is 1. The summed E-state index contributed by atoms with van der Waals surface area (Å²) in [7, 11) is 0. The van der Waals surface area contributed by atoms with Crippen LogP contribution in [-0.4, -0.2) is 51.1 Å². The molecule has 0 aromatic rings. The van der Waals surface area contributed by atoms with Gasteiger partial charge >= 0.3 is 17.2 Å². The number of thiol groups is 1. The van der Waals surface area contributed by atoms with Crippen LogP contribution in [0.25, 0.3) is 0 Å². The summed E-state index contributed by atoms with van der Waals surface area (Å²) in [5.74, 6) is -2.72. The van der Waals surface area contributed by atoms with Gasteiger partial charge in [0.25, 0.3) is 0 Å². The van der Waals surface area contributed by atoms with Gasteiger partial charge in [0.2, 0.25) is 12.2 Å². The van der Waals surface area contributed by atoms with E-state index in [9.17, 15) is 19.2 Å². The molecule has 2 N–H and O–H groups in total. The van der Waals surface area contributed by atoms with E-state index in [4.69, 9.17) is 9.84 Å². The Balaban J connectivity index is 4.42. The highest BCUT2D eigenvalue weighted by atomic mass is 32.2. The SMILES string of the molecule is CC(=O)O[C@H](C)OC(=O)SC[C@H](NC(=O)C(C)(C)S)C(=O)O. The van der Waals surface area contributed by atoms with Crippen LogP contribution in [0.1, 0.15) is 27.7 Å². The molecule has 2 atom stereocenters. The molecular weight excluding hydrogens is 334 g/mol. The molecule has 0 aliphatic rings. The lowest BCUT2D eigenvalue weighted by Gasteiger charge is -2.21. The fraction of sp³-hybridized carbons (Fsp3) is 0.667. The number of carbonyl (C=O) groups is 4. The summed E-state index contributed by atoms with van der Waals surface area (Å²) < 4.78 is 8.26. The second kappa shape index (κ2) is 8.89. The van der Waals surface area contributed by atoms with E-state index in [2.05, 4.69) is 22.7 Å². The van der Waals surface area contributed by atoms with Crippen LogP contribution in [-0.2, 0) is 23.9 Å². The van der Waals surface area contributed by atoms with Gasteiger partial charge in [0.1, 0.15) is 6.04 Å². The highest BCUT2D eigenvalue weighted by Crippen LogP contribution is 2.14. The molecule has 0 rings (SSSR count). The summed E-state index contributed by atoms with van der Waals surface area (Å²) in [5, 5.41) is 10.5. The predicted octanol–water partition coefficient (Wildman–Crippen LogP) is 1.04. The molecule has 0 radical (unpaired) electrons. The zero-order valence-corrected chi connectivity index (χ0v) is 14.3. The topological polar surface area (TPSA) is 119 Å². The van der Waals surface area contributed by atoms with Gasteiger partial charge in [-0.15, -0.1) is 0 Å². The molecule has 0 saturated heterocycles. The Morgan fingerprint density at radius 2 is 1.82 bits per heavy atom. The van der Waals surface area contributed by atoms with Gasteiger partial charge in [-0.25, -0.2) is 9.59 Å². The minimum atomic E-state index is -1.29. The van der Waals surface area contributed by atoms with Crippen LogP contribution in [0.2, 0.25) is 0 Å². The molecule has 0 heterocycles. The molecule has 0 spiro atoms. The van der Waals surface area contributed by atoms with Crippen molar-refractivity contribution in [2.75, 3.05) is 5.75 Å². The third-order valence-electron chi connectivity index (χ3n) is 2.12. The molecule has 126 valence electrons. The maximum atomic E-state index is 11.7. The van der Waals surface area contributed by atoms with Gasteiger partial charge in [0.05, 0.1) is 4.75 Å². The maximum absolute atomic E-state index is 11.7. The summed E-state index contributed by atoms with van der Waals surface area (Å²) in [6.45, 7) is 5.52. The second-order valence-electron chi connectivity index (χ2n) is 4.78. The van der Waals surface area contributed by atoms with Gasteiger partial charge in [0.15, 0.2) is 0 Å². The van der Waals surface area contributed by atoms with Crippen LogP contribution < -0.4 is 5.32 Å². The van der Waals surface area contributed by atoms with E-state index >= 15 is 0 Å². The number of rotatable bonds is 7. The van der Waals surface area contributed by atoms with Crippen molar-refractivity contribution < 1.29 is 33.8 Å². The Bertz CT molecular complexity index is 447. The molecule has 0 unspecified atom stereocenters. The van der Waals surface area contributed by atoms with Crippen molar-refractivity contribution in [1.82, 2.24) is 5.32 Å². The molecule has 0 fully saturated rings. The first-order chi connectivity index (χ1) is 9.93. The van der Waals surface area contributed by atoms with Crippen molar-refractivity contribution in [1.29, 1.82) is 0 Å². The van der Waals surface area contributed by atoms with E-state index in [0.29, 0.717) is 11.8 Å². The van der Waals surface area contributed by atoms with E-state index in [1.807, 2.05) is 0 Å². The van der Waals surface area contributed by atoms with Crippen LogP contribution in [0, 0.1) is 0 Å². The quantitative estimate of drug-likeness (QED) is 0.353. The number of esters is 1. The van der Waals surface area contributed by atoms with Crippen molar-refractivity contribution in [2.24, 2.45) is 0 Å². The Kier molecular flexibility index (Phi) is 8.31. The first kappa shape index (κ1) is 20.6. The summed E-state index contributed by atoms with van der Waals surface area (Å²) in [4.78, 5) is 44.9. The number of carboxylic acids is 1. The van der Waals surface area contributed by atoms with E-state index in [-0.39, 0.29) is 5.75 Å². The number of hydrogen-bond donors (Lipinski definition) is 3. The number of nitrogens with one attached hydrogen (secondary N) is 1. The number of amides is 1. The first-order valence-electron chi connectivity index (χ1n) is 6.20. The Morgan fingerprint density at radius 1 is 1.27 bits per heavy atom. The molecule has 22 heavy (non-hydrogen) atoms. The molecule has 0 bridgehead atoms. The molecule has 0 aliphatic carbocycles. The molecule has 1 amide bonds. The zero-order valence-electron chi connectivity index (χ0n) is 12.6. The van der Waals surface area contributed by atoms with Gasteiger partial charge in [-0.2, -0.15) is 12.6 Å². The normalized spacial score (nSPS) is 13.7. The van der Waals surface area contributed by atoms with Crippen molar-refractivity contribution in [3.63, 3.8) is 0 Å². The van der Waals surface area contributed by atoms with Crippen LogP contribution in [0.4, 0.5) is 4.79 Å². The maximum Gasteiger partial charge on any atom is 0.370 e. The average Bonchev–Trinajstić information content (AvgIpc) is 2.30. The fourth-order valence-corrected chi connectivity index (χ4v) is 1.88. The largest absolute Gasteiger partial charge is 0.480 e. The molecule has 0 aliphatic heterocycles. The molecular formula is C12H19NO7S2. The average molecular weight is 353 g/mol. The standard InChI is InChI=1S/C12H19NO7S2/c1-6(14)19-7(2)20-11(18)22-5-8(9(15)16)13-10(17)12(3,4)21/h7-8,21H,5H2,1-4H3,(H,13,17)(H,15,16)/t7-,8-/m0/s1. The molecule has 10 heteroatoms. The summed E-state index contributed by atoms with van der Waals surface area (Å²) in [5.41, 5.74) is 0. The Hall–Kier alpha value is -1.42. The highest BCUT2D eigenvalue weighted by Gasteiger charge is 2.29. The minimum absolute atomic E-state index is 0.240. The highest BCUT2D eigenvalue weighted by molar-refractivity contribution is 8.13. The van der Waals surface area contributed by atoms with Crippen LogP contribution in [0.3, 0.4) is 0 Å². The number of hydrogen-bond acceptors (Lipinski definition) is 8.